The molecule has 1 unspecified atom stereocenters. The van der Waals surface area contributed by atoms with Crippen LogP contribution in [0, 0.1) is 0 Å². The number of pyridine rings is 1. The van der Waals surface area contributed by atoms with E-state index in [1.54, 1.807) is 12.3 Å². The number of anilines is 1. The molecular formula is C13H14N4O2S. The molecule has 0 spiro atoms. The standard InChI is InChI=1S/C13H14N4O2S/c14-9-10-8(4-1-5-16-10)20-11(9)13(19)17-6-2-3-7(17)12(15)18/h1,4-5,7H,2-3,6,14H2,(H2,15,18). The first-order valence-electron chi connectivity index (χ1n) is 6.33. The highest BCUT2D eigenvalue weighted by Gasteiger charge is 2.34. The molecule has 0 bridgehead atoms. The van der Waals surface area contributed by atoms with Crippen molar-refractivity contribution in [2.75, 3.05) is 12.3 Å². The number of thiophene rings is 1. The second-order valence-corrected chi connectivity index (χ2v) is 5.81. The Hall–Kier alpha value is -2.15. The molecule has 1 atom stereocenters. The van der Waals surface area contributed by atoms with E-state index in [-0.39, 0.29) is 5.91 Å². The molecule has 1 aliphatic rings. The number of aromatic nitrogens is 1. The van der Waals surface area contributed by atoms with Gasteiger partial charge in [0, 0.05) is 12.7 Å². The summed E-state index contributed by atoms with van der Waals surface area (Å²) in [5, 5.41) is 0. The van der Waals surface area contributed by atoms with Gasteiger partial charge >= 0.3 is 0 Å². The third-order valence-corrected chi connectivity index (χ3v) is 4.67. The number of hydrogen-bond donors (Lipinski definition) is 2. The number of nitrogen functional groups attached to an aromatic ring is 1. The van der Waals surface area contributed by atoms with E-state index < -0.39 is 11.9 Å². The monoisotopic (exact) mass is 290 g/mol. The van der Waals surface area contributed by atoms with Crippen LogP contribution in [0.15, 0.2) is 18.3 Å². The number of primary amides is 1. The fourth-order valence-corrected chi connectivity index (χ4v) is 3.58. The van der Waals surface area contributed by atoms with Crippen molar-refractivity contribution in [3.63, 3.8) is 0 Å². The lowest BCUT2D eigenvalue weighted by atomic mass is 10.2. The molecule has 2 amide bonds. The summed E-state index contributed by atoms with van der Waals surface area (Å²) in [6, 6.07) is 3.14. The molecule has 7 heteroatoms. The number of carbonyl (C=O) groups is 2. The fraction of sp³-hybridized carbons (Fsp3) is 0.308. The van der Waals surface area contributed by atoms with E-state index in [1.165, 1.54) is 16.2 Å². The smallest absolute Gasteiger partial charge is 0.266 e. The van der Waals surface area contributed by atoms with Crippen molar-refractivity contribution in [1.29, 1.82) is 0 Å². The minimum Gasteiger partial charge on any atom is -0.396 e. The van der Waals surface area contributed by atoms with Crippen molar-refractivity contribution in [1.82, 2.24) is 9.88 Å². The highest BCUT2D eigenvalue weighted by molar-refractivity contribution is 7.21. The van der Waals surface area contributed by atoms with Gasteiger partial charge in [-0.3, -0.25) is 14.6 Å². The maximum Gasteiger partial charge on any atom is 0.266 e. The van der Waals surface area contributed by atoms with Crippen LogP contribution in [0.5, 0.6) is 0 Å². The van der Waals surface area contributed by atoms with Crippen LogP contribution >= 0.6 is 11.3 Å². The molecule has 3 rings (SSSR count). The Labute approximate surface area is 119 Å². The molecule has 0 aromatic carbocycles. The number of amides is 2. The predicted molar refractivity (Wildman–Crippen MR) is 77.3 cm³/mol. The van der Waals surface area contributed by atoms with Crippen molar-refractivity contribution in [3.8, 4) is 0 Å². The Bertz CT molecular complexity index is 697. The van der Waals surface area contributed by atoms with E-state index in [9.17, 15) is 9.59 Å². The predicted octanol–water partition coefficient (Wildman–Crippen LogP) is 0.968. The van der Waals surface area contributed by atoms with E-state index in [0.717, 1.165) is 11.1 Å². The van der Waals surface area contributed by atoms with Crippen LogP contribution in [-0.4, -0.2) is 34.3 Å². The highest BCUT2D eigenvalue weighted by atomic mass is 32.1. The van der Waals surface area contributed by atoms with Crippen LogP contribution in [0.1, 0.15) is 22.5 Å². The van der Waals surface area contributed by atoms with Crippen molar-refractivity contribution >= 4 is 39.1 Å². The average molecular weight is 290 g/mol. The molecule has 2 aromatic heterocycles. The molecule has 0 saturated carbocycles. The number of nitrogens with two attached hydrogens (primary N) is 2. The number of hydrogen-bond acceptors (Lipinski definition) is 5. The lowest BCUT2D eigenvalue weighted by Gasteiger charge is -2.21. The van der Waals surface area contributed by atoms with Crippen LogP contribution in [0.2, 0.25) is 0 Å². The summed E-state index contributed by atoms with van der Waals surface area (Å²) in [5.41, 5.74) is 12.4. The number of fused-ring (bicyclic) bond motifs is 1. The second-order valence-electron chi connectivity index (χ2n) is 4.75. The minimum absolute atomic E-state index is 0.230. The maximum absolute atomic E-state index is 12.6. The first-order chi connectivity index (χ1) is 9.59. The molecule has 4 N–H and O–H groups in total. The number of likely N-dealkylation sites (tertiary alicyclic amines) is 1. The molecule has 1 aliphatic heterocycles. The Morgan fingerprint density at radius 3 is 2.95 bits per heavy atom. The third kappa shape index (κ3) is 1.90. The first-order valence-corrected chi connectivity index (χ1v) is 7.14. The zero-order valence-electron chi connectivity index (χ0n) is 10.7. The summed E-state index contributed by atoms with van der Waals surface area (Å²) in [6.45, 7) is 0.535. The van der Waals surface area contributed by atoms with E-state index in [2.05, 4.69) is 4.98 Å². The number of carbonyl (C=O) groups excluding carboxylic acids is 2. The van der Waals surface area contributed by atoms with Crippen molar-refractivity contribution in [3.05, 3.63) is 23.2 Å². The average Bonchev–Trinajstić information content (AvgIpc) is 3.04. The van der Waals surface area contributed by atoms with Gasteiger partial charge in [-0.25, -0.2) is 0 Å². The maximum atomic E-state index is 12.6. The number of rotatable bonds is 2. The molecule has 1 fully saturated rings. The summed E-state index contributed by atoms with van der Waals surface area (Å²) < 4.78 is 0.864. The molecule has 6 nitrogen and oxygen atoms in total. The zero-order valence-corrected chi connectivity index (χ0v) is 11.5. The summed E-state index contributed by atoms with van der Waals surface area (Å²) in [4.78, 5) is 30.1. The molecule has 3 heterocycles. The van der Waals surface area contributed by atoms with Crippen LogP contribution in [0.3, 0.4) is 0 Å². The van der Waals surface area contributed by atoms with Gasteiger partial charge in [-0.15, -0.1) is 11.3 Å². The zero-order chi connectivity index (χ0) is 14.3. The van der Waals surface area contributed by atoms with Crippen molar-refractivity contribution in [2.45, 2.75) is 18.9 Å². The molecular weight excluding hydrogens is 276 g/mol. The lowest BCUT2D eigenvalue weighted by Crippen LogP contribution is -2.43. The van der Waals surface area contributed by atoms with E-state index in [0.29, 0.717) is 29.0 Å². The van der Waals surface area contributed by atoms with Crippen molar-refractivity contribution < 1.29 is 9.59 Å². The van der Waals surface area contributed by atoms with E-state index in [1.807, 2.05) is 6.07 Å². The highest BCUT2D eigenvalue weighted by Crippen LogP contribution is 2.34. The van der Waals surface area contributed by atoms with Gasteiger partial charge in [-0.1, -0.05) is 0 Å². The summed E-state index contributed by atoms with van der Waals surface area (Å²) in [7, 11) is 0. The minimum atomic E-state index is -0.528. The molecule has 20 heavy (non-hydrogen) atoms. The first kappa shape index (κ1) is 12.9. The second kappa shape index (κ2) is 4.75. The summed E-state index contributed by atoms with van der Waals surface area (Å²) in [5.74, 6) is -0.694. The molecule has 104 valence electrons. The fourth-order valence-electron chi connectivity index (χ4n) is 2.54. The van der Waals surface area contributed by atoms with Gasteiger partial charge < -0.3 is 16.4 Å². The third-order valence-electron chi connectivity index (χ3n) is 3.52. The molecule has 1 saturated heterocycles. The number of nitrogens with zero attached hydrogens (tertiary/aromatic N) is 2. The largest absolute Gasteiger partial charge is 0.396 e. The SMILES string of the molecule is NC(=O)C1CCCN1C(=O)c1sc2cccnc2c1N. The van der Waals surface area contributed by atoms with Crippen LogP contribution in [-0.2, 0) is 4.79 Å². The van der Waals surface area contributed by atoms with Crippen LogP contribution in [0.4, 0.5) is 5.69 Å². The Balaban J connectivity index is 2.00. The van der Waals surface area contributed by atoms with Crippen molar-refractivity contribution in [2.24, 2.45) is 5.73 Å². The van der Waals surface area contributed by atoms with Gasteiger partial charge in [0.05, 0.1) is 10.4 Å². The van der Waals surface area contributed by atoms with Crippen LogP contribution < -0.4 is 11.5 Å². The van der Waals surface area contributed by atoms with Gasteiger partial charge in [0.25, 0.3) is 5.91 Å². The van der Waals surface area contributed by atoms with E-state index in [4.69, 9.17) is 11.5 Å². The van der Waals surface area contributed by atoms with Gasteiger partial charge in [-0.2, -0.15) is 0 Å². The molecule has 0 aliphatic carbocycles. The summed E-state index contributed by atoms with van der Waals surface area (Å²) in [6.07, 6.45) is 3.04. The van der Waals surface area contributed by atoms with Gasteiger partial charge in [0.15, 0.2) is 0 Å². The van der Waals surface area contributed by atoms with Gasteiger partial charge in [-0.05, 0) is 25.0 Å². The quantitative estimate of drug-likeness (QED) is 0.860. The Morgan fingerprint density at radius 1 is 1.45 bits per heavy atom. The van der Waals surface area contributed by atoms with Crippen LogP contribution in [0.25, 0.3) is 10.2 Å². The lowest BCUT2D eigenvalue weighted by molar-refractivity contribution is -0.121. The topological polar surface area (TPSA) is 102 Å². The molecule has 0 radical (unpaired) electrons. The van der Waals surface area contributed by atoms with E-state index >= 15 is 0 Å². The Kier molecular flexibility index (Phi) is 3.06. The summed E-state index contributed by atoms with van der Waals surface area (Å²) >= 11 is 1.30. The molecule has 2 aromatic rings. The van der Waals surface area contributed by atoms with Gasteiger partial charge in [0.2, 0.25) is 5.91 Å². The Morgan fingerprint density at radius 2 is 2.25 bits per heavy atom. The van der Waals surface area contributed by atoms with Gasteiger partial charge in [0.1, 0.15) is 16.4 Å². The normalized spacial score (nSPS) is 18.6.